The zero-order valence-corrected chi connectivity index (χ0v) is 10.3. The molecule has 94 valence electrons. The van der Waals surface area contributed by atoms with Crippen molar-refractivity contribution in [3.05, 3.63) is 35.5 Å². The minimum atomic E-state index is -0.423. The van der Waals surface area contributed by atoms with Crippen LogP contribution in [0.4, 0.5) is 0 Å². The second-order valence-corrected chi connectivity index (χ2v) is 4.79. The van der Waals surface area contributed by atoms with E-state index in [4.69, 9.17) is 9.47 Å². The summed E-state index contributed by atoms with van der Waals surface area (Å²) in [5, 5.41) is 0. The van der Waals surface area contributed by atoms with Gasteiger partial charge in [0.05, 0.1) is 25.4 Å². The molecule has 0 radical (unpaired) electrons. The molecule has 18 heavy (non-hydrogen) atoms. The Kier molecular flexibility index (Phi) is 2.40. The smallest absolute Gasteiger partial charge is 0.334 e. The van der Waals surface area contributed by atoms with Crippen LogP contribution < -0.4 is 0 Å². The molecule has 4 rings (SSSR count). The highest BCUT2D eigenvalue weighted by molar-refractivity contribution is 6.02. The molecule has 4 atom stereocenters. The summed E-state index contributed by atoms with van der Waals surface area (Å²) in [4.78, 5) is 23.8. The monoisotopic (exact) mass is 246 g/mol. The standard InChI is InChI=1S/C14H14O4/c1-17-13(15)11-9-5-6-10(8-4-3-7(8)9)12(11)14(16)18-2/h3-10H,1-2H3/t7-,8-,9-,10-/m0/s1. The van der Waals surface area contributed by atoms with E-state index in [1.807, 2.05) is 12.2 Å². The van der Waals surface area contributed by atoms with E-state index in [0.29, 0.717) is 23.0 Å². The van der Waals surface area contributed by atoms with Crippen molar-refractivity contribution in [2.45, 2.75) is 0 Å². The molecule has 4 aliphatic carbocycles. The number of allylic oxidation sites excluding steroid dienone is 4. The molecule has 0 aromatic carbocycles. The number of ether oxygens (including phenoxy) is 2. The van der Waals surface area contributed by atoms with Crippen LogP contribution in [-0.4, -0.2) is 26.2 Å². The molecular formula is C14H14O4. The van der Waals surface area contributed by atoms with E-state index in [0.717, 1.165) is 0 Å². The Morgan fingerprint density at radius 1 is 0.833 bits per heavy atom. The zero-order chi connectivity index (χ0) is 12.9. The molecule has 0 heterocycles. The van der Waals surface area contributed by atoms with Crippen LogP contribution in [0.2, 0.25) is 0 Å². The largest absolute Gasteiger partial charge is 0.466 e. The number of hydrogen-bond acceptors (Lipinski definition) is 4. The van der Waals surface area contributed by atoms with Gasteiger partial charge in [-0.2, -0.15) is 0 Å². The van der Waals surface area contributed by atoms with Crippen molar-refractivity contribution in [3.8, 4) is 0 Å². The van der Waals surface area contributed by atoms with Gasteiger partial charge in [-0.15, -0.1) is 0 Å². The molecule has 0 aliphatic heterocycles. The molecule has 0 fully saturated rings. The average molecular weight is 246 g/mol. The average Bonchev–Trinajstić information content (AvgIpc) is 2.35. The van der Waals surface area contributed by atoms with Gasteiger partial charge >= 0.3 is 11.9 Å². The second kappa shape index (κ2) is 3.83. The Bertz CT molecular complexity index is 468. The minimum absolute atomic E-state index is 0.0495. The third kappa shape index (κ3) is 1.26. The van der Waals surface area contributed by atoms with Crippen molar-refractivity contribution in [2.75, 3.05) is 14.2 Å². The quantitative estimate of drug-likeness (QED) is 0.543. The van der Waals surface area contributed by atoms with Gasteiger partial charge in [-0.1, -0.05) is 24.3 Å². The summed E-state index contributed by atoms with van der Waals surface area (Å²) < 4.78 is 9.62. The first-order chi connectivity index (χ1) is 8.69. The number of methoxy groups -OCH3 is 2. The van der Waals surface area contributed by atoms with Crippen molar-refractivity contribution in [2.24, 2.45) is 23.7 Å². The van der Waals surface area contributed by atoms with Gasteiger partial charge in [-0.25, -0.2) is 9.59 Å². The van der Waals surface area contributed by atoms with Gasteiger partial charge in [0, 0.05) is 11.8 Å². The SMILES string of the molecule is COC(=O)C1=C(C(=O)OC)[C@H]2C=C[C@H]1[C@H]1C=C[C@@H]12. The van der Waals surface area contributed by atoms with Crippen molar-refractivity contribution >= 4 is 11.9 Å². The molecule has 0 spiro atoms. The first-order valence-electron chi connectivity index (χ1n) is 5.96. The van der Waals surface area contributed by atoms with Crippen molar-refractivity contribution in [1.82, 2.24) is 0 Å². The van der Waals surface area contributed by atoms with Crippen LogP contribution in [-0.2, 0) is 19.1 Å². The molecule has 0 aromatic rings. The third-order valence-electron chi connectivity index (χ3n) is 4.12. The molecule has 0 saturated carbocycles. The number of hydrogen-bond donors (Lipinski definition) is 0. The van der Waals surface area contributed by atoms with Gasteiger partial charge in [-0.05, 0) is 11.8 Å². The summed E-state index contributed by atoms with van der Waals surface area (Å²) in [6.07, 6.45) is 8.22. The summed E-state index contributed by atoms with van der Waals surface area (Å²) in [7, 11) is 2.68. The summed E-state index contributed by atoms with van der Waals surface area (Å²) in [5.41, 5.74) is 0.949. The van der Waals surface area contributed by atoms with Gasteiger partial charge in [-0.3, -0.25) is 0 Å². The lowest BCUT2D eigenvalue weighted by molar-refractivity contribution is -0.141. The molecule has 4 heteroatoms. The molecular weight excluding hydrogens is 232 g/mol. The Hall–Kier alpha value is -1.84. The number of carbonyl (C=O) groups excluding carboxylic acids is 2. The van der Waals surface area contributed by atoms with Gasteiger partial charge in [0.25, 0.3) is 0 Å². The predicted octanol–water partition coefficient (Wildman–Crippen LogP) is 1.25. The summed E-state index contributed by atoms with van der Waals surface area (Å²) in [5.74, 6) is -0.301. The van der Waals surface area contributed by atoms with Crippen LogP contribution >= 0.6 is 0 Å². The van der Waals surface area contributed by atoms with E-state index in [9.17, 15) is 9.59 Å². The maximum Gasteiger partial charge on any atom is 0.334 e. The highest BCUT2D eigenvalue weighted by Gasteiger charge is 2.50. The maximum atomic E-state index is 11.9. The van der Waals surface area contributed by atoms with Crippen molar-refractivity contribution < 1.29 is 19.1 Å². The molecule has 0 saturated heterocycles. The Morgan fingerprint density at radius 3 is 1.50 bits per heavy atom. The van der Waals surface area contributed by atoms with E-state index in [1.165, 1.54) is 14.2 Å². The summed E-state index contributed by atoms with van der Waals surface area (Å²) >= 11 is 0. The van der Waals surface area contributed by atoms with Crippen molar-refractivity contribution in [3.63, 3.8) is 0 Å². The predicted molar refractivity (Wildman–Crippen MR) is 63.3 cm³/mol. The zero-order valence-electron chi connectivity index (χ0n) is 10.3. The normalized spacial score (nSPS) is 35.0. The summed E-state index contributed by atoms with van der Waals surface area (Å²) in [6.45, 7) is 0. The van der Waals surface area contributed by atoms with Crippen LogP contribution in [0.3, 0.4) is 0 Å². The molecule has 0 N–H and O–H groups in total. The third-order valence-corrected chi connectivity index (χ3v) is 4.12. The highest BCUT2D eigenvalue weighted by atomic mass is 16.5. The van der Waals surface area contributed by atoms with Crippen LogP contribution in [0.1, 0.15) is 0 Å². The molecule has 2 bridgehead atoms. The van der Waals surface area contributed by atoms with Gasteiger partial charge < -0.3 is 9.47 Å². The number of rotatable bonds is 2. The summed E-state index contributed by atoms with van der Waals surface area (Å²) in [6, 6.07) is 0. The molecule has 0 amide bonds. The van der Waals surface area contributed by atoms with E-state index in [-0.39, 0.29) is 11.8 Å². The lowest BCUT2D eigenvalue weighted by atomic mass is 9.55. The lowest BCUT2D eigenvalue weighted by Gasteiger charge is -2.47. The lowest BCUT2D eigenvalue weighted by Crippen LogP contribution is -2.45. The van der Waals surface area contributed by atoms with Crippen LogP contribution in [0, 0.1) is 23.7 Å². The molecule has 4 nitrogen and oxygen atoms in total. The molecule has 4 aliphatic rings. The Morgan fingerprint density at radius 2 is 1.22 bits per heavy atom. The van der Waals surface area contributed by atoms with E-state index >= 15 is 0 Å². The fourth-order valence-electron chi connectivity index (χ4n) is 3.23. The fourth-order valence-corrected chi connectivity index (χ4v) is 3.23. The van der Waals surface area contributed by atoms with E-state index in [2.05, 4.69) is 12.2 Å². The molecule has 0 aromatic heterocycles. The van der Waals surface area contributed by atoms with Gasteiger partial charge in [0.1, 0.15) is 0 Å². The fraction of sp³-hybridized carbons (Fsp3) is 0.429. The molecule has 0 unspecified atom stereocenters. The van der Waals surface area contributed by atoms with Crippen LogP contribution in [0.15, 0.2) is 35.5 Å². The second-order valence-electron chi connectivity index (χ2n) is 4.79. The van der Waals surface area contributed by atoms with Gasteiger partial charge in [0.15, 0.2) is 0 Å². The van der Waals surface area contributed by atoms with Crippen LogP contribution in [0.5, 0.6) is 0 Å². The van der Waals surface area contributed by atoms with E-state index < -0.39 is 11.9 Å². The number of esters is 2. The van der Waals surface area contributed by atoms with Crippen LogP contribution in [0.25, 0.3) is 0 Å². The van der Waals surface area contributed by atoms with Gasteiger partial charge in [0.2, 0.25) is 0 Å². The highest BCUT2D eigenvalue weighted by Crippen LogP contribution is 2.53. The first-order valence-corrected chi connectivity index (χ1v) is 5.96. The Labute approximate surface area is 105 Å². The van der Waals surface area contributed by atoms with Crippen molar-refractivity contribution in [1.29, 1.82) is 0 Å². The minimum Gasteiger partial charge on any atom is -0.466 e. The maximum absolute atomic E-state index is 11.9. The first kappa shape index (κ1) is 11.3. The van der Waals surface area contributed by atoms with E-state index in [1.54, 1.807) is 0 Å². The topological polar surface area (TPSA) is 52.6 Å². The Balaban J connectivity index is 2.11. The number of carbonyl (C=O) groups is 2.